The Morgan fingerprint density at radius 2 is 2.05 bits per heavy atom. The van der Waals surface area contributed by atoms with Gasteiger partial charge in [-0.1, -0.05) is 55.5 Å². The fourth-order valence-corrected chi connectivity index (χ4v) is 2.36. The summed E-state index contributed by atoms with van der Waals surface area (Å²) >= 11 is 0. The van der Waals surface area contributed by atoms with Crippen LogP contribution in [0.15, 0.2) is 48.6 Å². The average molecular weight is 255 g/mol. The number of hydrogen-bond donors (Lipinski definition) is 0. The zero-order valence-corrected chi connectivity index (χ0v) is 11.5. The van der Waals surface area contributed by atoms with E-state index in [1.165, 1.54) is 6.42 Å². The van der Waals surface area contributed by atoms with E-state index in [9.17, 15) is 4.79 Å². The fraction of sp³-hybridized carbons (Fsp3) is 0.353. The monoisotopic (exact) mass is 255 g/mol. The lowest BCUT2D eigenvalue weighted by molar-refractivity contribution is -0.127. The quantitative estimate of drug-likeness (QED) is 0.598. The second kappa shape index (κ2) is 6.93. The standard InChI is InChI=1S/C17H21NO/c1-15-8-7-13-18(14-15)17(19)12-6-5-11-16-9-3-2-4-10-16/h2-6,9-12,15H,7-8,13-14H2,1H3/b11-5+,12-6-. The minimum atomic E-state index is 0.129. The van der Waals surface area contributed by atoms with Gasteiger partial charge in [-0.2, -0.15) is 0 Å². The molecular formula is C17H21NO. The summed E-state index contributed by atoms with van der Waals surface area (Å²) in [7, 11) is 0. The van der Waals surface area contributed by atoms with E-state index in [-0.39, 0.29) is 5.91 Å². The van der Waals surface area contributed by atoms with E-state index in [0.29, 0.717) is 5.92 Å². The number of amides is 1. The van der Waals surface area contributed by atoms with E-state index in [1.54, 1.807) is 6.08 Å². The van der Waals surface area contributed by atoms with Crippen LogP contribution >= 0.6 is 0 Å². The maximum absolute atomic E-state index is 12.0. The molecule has 1 aliphatic heterocycles. The van der Waals surface area contributed by atoms with Crippen molar-refractivity contribution in [3.63, 3.8) is 0 Å². The summed E-state index contributed by atoms with van der Waals surface area (Å²) in [6.07, 6.45) is 9.78. The second-order valence-electron chi connectivity index (χ2n) is 5.16. The van der Waals surface area contributed by atoms with Gasteiger partial charge in [-0.15, -0.1) is 0 Å². The summed E-state index contributed by atoms with van der Waals surface area (Å²) < 4.78 is 0. The van der Waals surface area contributed by atoms with Gasteiger partial charge in [-0.25, -0.2) is 0 Å². The van der Waals surface area contributed by atoms with E-state index < -0.39 is 0 Å². The third-order valence-electron chi connectivity index (χ3n) is 3.41. The predicted molar refractivity (Wildman–Crippen MR) is 79.6 cm³/mol. The van der Waals surface area contributed by atoms with E-state index in [4.69, 9.17) is 0 Å². The van der Waals surface area contributed by atoms with E-state index >= 15 is 0 Å². The number of carbonyl (C=O) groups is 1. The summed E-state index contributed by atoms with van der Waals surface area (Å²) in [4.78, 5) is 13.9. The van der Waals surface area contributed by atoms with Crippen LogP contribution in [0.2, 0.25) is 0 Å². The second-order valence-corrected chi connectivity index (χ2v) is 5.16. The summed E-state index contributed by atoms with van der Waals surface area (Å²) in [6, 6.07) is 10.1. The molecule has 1 unspecified atom stereocenters. The van der Waals surface area contributed by atoms with Gasteiger partial charge in [0.25, 0.3) is 0 Å². The van der Waals surface area contributed by atoms with Crippen molar-refractivity contribution in [2.75, 3.05) is 13.1 Å². The topological polar surface area (TPSA) is 20.3 Å². The van der Waals surface area contributed by atoms with E-state index in [0.717, 1.165) is 25.1 Å². The summed E-state index contributed by atoms with van der Waals surface area (Å²) in [5.41, 5.74) is 1.14. The predicted octanol–water partition coefficient (Wildman–Crippen LogP) is 3.51. The zero-order chi connectivity index (χ0) is 13.5. The lowest BCUT2D eigenvalue weighted by Crippen LogP contribution is -2.38. The van der Waals surface area contributed by atoms with Gasteiger partial charge in [0.05, 0.1) is 0 Å². The highest BCUT2D eigenvalue weighted by molar-refractivity contribution is 5.88. The highest BCUT2D eigenvalue weighted by Gasteiger charge is 2.18. The molecule has 0 aliphatic carbocycles. The van der Waals surface area contributed by atoms with Crippen molar-refractivity contribution >= 4 is 12.0 Å². The molecule has 2 heteroatoms. The van der Waals surface area contributed by atoms with Crippen molar-refractivity contribution in [1.29, 1.82) is 0 Å². The lowest BCUT2D eigenvalue weighted by Gasteiger charge is -2.29. The molecule has 1 fully saturated rings. The highest BCUT2D eigenvalue weighted by atomic mass is 16.2. The molecule has 100 valence electrons. The number of nitrogens with zero attached hydrogens (tertiary/aromatic N) is 1. The number of rotatable bonds is 3. The number of piperidine rings is 1. The van der Waals surface area contributed by atoms with Crippen LogP contribution in [0.4, 0.5) is 0 Å². The van der Waals surface area contributed by atoms with Gasteiger partial charge < -0.3 is 4.90 Å². The number of carbonyl (C=O) groups excluding carboxylic acids is 1. The molecule has 2 rings (SSSR count). The Hall–Kier alpha value is -1.83. The number of allylic oxidation sites excluding steroid dienone is 2. The molecular weight excluding hydrogens is 234 g/mol. The number of likely N-dealkylation sites (tertiary alicyclic amines) is 1. The van der Waals surface area contributed by atoms with Crippen LogP contribution in [-0.4, -0.2) is 23.9 Å². The third-order valence-corrected chi connectivity index (χ3v) is 3.41. The molecule has 0 bridgehead atoms. The van der Waals surface area contributed by atoms with Crippen LogP contribution in [0.25, 0.3) is 6.08 Å². The minimum absolute atomic E-state index is 0.129. The van der Waals surface area contributed by atoms with Crippen molar-refractivity contribution < 1.29 is 4.79 Å². The first-order valence-corrected chi connectivity index (χ1v) is 6.94. The van der Waals surface area contributed by atoms with E-state index in [1.807, 2.05) is 53.5 Å². The molecule has 1 atom stereocenters. The van der Waals surface area contributed by atoms with Gasteiger partial charge in [-0.3, -0.25) is 4.79 Å². The van der Waals surface area contributed by atoms with Crippen LogP contribution in [0, 0.1) is 5.92 Å². The van der Waals surface area contributed by atoms with Crippen molar-refractivity contribution in [3.8, 4) is 0 Å². The van der Waals surface area contributed by atoms with Crippen LogP contribution in [-0.2, 0) is 4.79 Å². The Morgan fingerprint density at radius 3 is 2.79 bits per heavy atom. The highest BCUT2D eigenvalue weighted by Crippen LogP contribution is 2.15. The Bertz CT molecular complexity index is 461. The first-order valence-electron chi connectivity index (χ1n) is 6.94. The molecule has 0 aromatic heterocycles. The number of benzene rings is 1. The zero-order valence-electron chi connectivity index (χ0n) is 11.5. The largest absolute Gasteiger partial charge is 0.339 e. The molecule has 0 radical (unpaired) electrons. The maximum Gasteiger partial charge on any atom is 0.246 e. The van der Waals surface area contributed by atoms with Gasteiger partial charge in [-0.05, 0) is 24.3 Å². The Labute approximate surface area is 115 Å². The van der Waals surface area contributed by atoms with Crippen LogP contribution in [0.5, 0.6) is 0 Å². The molecule has 2 nitrogen and oxygen atoms in total. The average Bonchev–Trinajstić information content (AvgIpc) is 2.44. The summed E-state index contributed by atoms with van der Waals surface area (Å²) in [6.45, 7) is 4.00. The smallest absolute Gasteiger partial charge is 0.246 e. The first kappa shape index (κ1) is 13.6. The van der Waals surface area contributed by atoms with Crippen molar-refractivity contribution in [2.24, 2.45) is 5.92 Å². The van der Waals surface area contributed by atoms with Gasteiger partial charge in [0.1, 0.15) is 0 Å². The van der Waals surface area contributed by atoms with Gasteiger partial charge in [0.15, 0.2) is 0 Å². The van der Waals surface area contributed by atoms with Crippen molar-refractivity contribution in [3.05, 3.63) is 54.1 Å². The van der Waals surface area contributed by atoms with Gasteiger partial charge >= 0.3 is 0 Å². The van der Waals surface area contributed by atoms with Crippen LogP contribution in [0.1, 0.15) is 25.3 Å². The van der Waals surface area contributed by atoms with Crippen LogP contribution < -0.4 is 0 Å². The Kier molecular flexibility index (Phi) is 4.96. The molecule has 1 saturated heterocycles. The van der Waals surface area contributed by atoms with Crippen LogP contribution in [0.3, 0.4) is 0 Å². The first-order chi connectivity index (χ1) is 9.25. The maximum atomic E-state index is 12.0. The summed E-state index contributed by atoms with van der Waals surface area (Å²) in [5.74, 6) is 0.759. The van der Waals surface area contributed by atoms with Gasteiger partial charge in [0.2, 0.25) is 5.91 Å². The van der Waals surface area contributed by atoms with Crippen molar-refractivity contribution in [2.45, 2.75) is 19.8 Å². The molecule has 0 saturated carbocycles. The lowest BCUT2D eigenvalue weighted by atomic mass is 10.0. The Morgan fingerprint density at radius 1 is 1.26 bits per heavy atom. The molecule has 0 spiro atoms. The molecule has 19 heavy (non-hydrogen) atoms. The normalized spacial score (nSPS) is 20.3. The SMILES string of the molecule is CC1CCCN(C(=O)/C=C\C=C\c2ccccc2)C1. The molecule has 0 N–H and O–H groups in total. The number of hydrogen-bond acceptors (Lipinski definition) is 1. The molecule has 1 heterocycles. The summed E-state index contributed by atoms with van der Waals surface area (Å²) in [5, 5.41) is 0. The Balaban J connectivity index is 1.85. The minimum Gasteiger partial charge on any atom is -0.339 e. The third kappa shape index (κ3) is 4.40. The van der Waals surface area contributed by atoms with Crippen molar-refractivity contribution in [1.82, 2.24) is 4.90 Å². The molecule has 1 aliphatic rings. The van der Waals surface area contributed by atoms with E-state index in [2.05, 4.69) is 6.92 Å². The fourth-order valence-electron chi connectivity index (χ4n) is 2.36. The molecule has 1 amide bonds. The molecule has 1 aromatic rings. The molecule has 1 aromatic carbocycles. The van der Waals surface area contributed by atoms with Gasteiger partial charge in [0, 0.05) is 19.2 Å².